The monoisotopic (exact) mass is 302 g/mol. The van der Waals surface area contributed by atoms with Crippen LogP contribution in [0.3, 0.4) is 0 Å². The number of carbonyl (C=O) groups is 1. The van der Waals surface area contributed by atoms with E-state index in [1.54, 1.807) is 0 Å². The number of rotatable bonds is 5. The second kappa shape index (κ2) is 7.70. The van der Waals surface area contributed by atoms with Crippen molar-refractivity contribution in [2.75, 3.05) is 6.54 Å². The first-order valence-corrected chi connectivity index (χ1v) is 7.36. The molecule has 21 heavy (non-hydrogen) atoms. The molecule has 0 saturated carbocycles. The van der Waals surface area contributed by atoms with Gasteiger partial charge < -0.3 is 10.6 Å². The molecule has 0 heterocycles. The maximum Gasteiger partial charge on any atom is 0.315 e. The van der Waals surface area contributed by atoms with Gasteiger partial charge in [0.2, 0.25) is 0 Å². The number of hydrogen-bond acceptors (Lipinski definition) is 1. The number of halogens is 1. The molecular weight excluding hydrogens is 284 g/mol. The van der Waals surface area contributed by atoms with Crippen molar-refractivity contribution < 1.29 is 4.79 Å². The number of amides is 2. The second-order valence-electron chi connectivity index (χ2n) is 4.91. The van der Waals surface area contributed by atoms with Gasteiger partial charge in [-0.2, -0.15) is 0 Å². The fourth-order valence-corrected chi connectivity index (χ4v) is 2.27. The number of carbonyl (C=O) groups excluding carboxylic acids is 1. The molecule has 0 unspecified atom stereocenters. The Bertz CT molecular complexity index is 586. The van der Waals surface area contributed by atoms with Crippen LogP contribution in [0.4, 0.5) is 4.79 Å². The van der Waals surface area contributed by atoms with Crippen LogP contribution in [0.25, 0.3) is 0 Å². The maximum absolute atomic E-state index is 11.8. The van der Waals surface area contributed by atoms with E-state index >= 15 is 0 Å². The summed E-state index contributed by atoms with van der Waals surface area (Å²) in [7, 11) is 0. The van der Waals surface area contributed by atoms with Crippen molar-refractivity contribution in [3.8, 4) is 0 Å². The number of hydrogen-bond donors (Lipinski definition) is 2. The molecule has 0 radical (unpaired) electrons. The largest absolute Gasteiger partial charge is 0.338 e. The Morgan fingerprint density at radius 3 is 2.62 bits per heavy atom. The summed E-state index contributed by atoms with van der Waals surface area (Å²) >= 11 is 5.95. The summed E-state index contributed by atoms with van der Waals surface area (Å²) in [6.45, 7) is 2.54. The van der Waals surface area contributed by atoms with Gasteiger partial charge >= 0.3 is 6.03 Å². The molecular formula is C17H19ClN2O. The highest BCUT2D eigenvalue weighted by Crippen LogP contribution is 2.17. The Kier molecular flexibility index (Phi) is 5.64. The zero-order chi connectivity index (χ0) is 15.1. The molecule has 2 aromatic carbocycles. The van der Waals surface area contributed by atoms with E-state index in [1.165, 1.54) is 5.56 Å². The molecule has 1 atom stereocenters. The average Bonchev–Trinajstić information content (AvgIpc) is 2.48. The lowest BCUT2D eigenvalue weighted by Crippen LogP contribution is -2.38. The molecule has 0 aliphatic rings. The van der Waals surface area contributed by atoms with Crippen LogP contribution in [0, 0.1) is 0 Å². The summed E-state index contributed by atoms with van der Waals surface area (Å²) in [5.41, 5.74) is 2.20. The first-order chi connectivity index (χ1) is 10.1. The van der Waals surface area contributed by atoms with Crippen molar-refractivity contribution in [3.63, 3.8) is 0 Å². The highest BCUT2D eigenvalue weighted by atomic mass is 35.5. The molecule has 2 N–H and O–H groups in total. The van der Waals surface area contributed by atoms with Crippen molar-refractivity contribution in [2.45, 2.75) is 19.4 Å². The van der Waals surface area contributed by atoms with E-state index in [4.69, 9.17) is 11.6 Å². The van der Waals surface area contributed by atoms with E-state index in [2.05, 4.69) is 10.6 Å². The number of benzene rings is 2. The van der Waals surface area contributed by atoms with Gasteiger partial charge in [-0.05, 0) is 36.6 Å². The van der Waals surface area contributed by atoms with E-state index in [0.29, 0.717) is 11.6 Å². The minimum absolute atomic E-state index is 0.0829. The van der Waals surface area contributed by atoms with Gasteiger partial charge in [-0.25, -0.2) is 4.79 Å². The highest BCUT2D eigenvalue weighted by molar-refractivity contribution is 6.30. The second-order valence-corrected chi connectivity index (χ2v) is 5.35. The molecule has 0 spiro atoms. The Morgan fingerprint density at radius 2 is 1.90 bits per heavy atom. The molecule has 0 fully saturated rings. The van der Waals surface area contributed by atoms with Crippen LogP contribution >= 0.6 is 11.6 Å². The third-order valence-electron chi connectivity index (χ3n) is 3.24. The van der Waals surface area contributed by atoms with Crippen LogP contribution in [0.1, 0.15) is 24.1 Å². The third kappa shape index (κ3) is 5.12. The molecule has 110 valence electrons. The zero-order valence-corrected chi connectivity index (χ0v) is 12.7. The molecule has 0 aromatic heterocycles. The van der Waals surface area contributed by atoms with Crippen molar-refractivity contribution in [1.29, 1.82) is 0 Å². The lowest BCUT2D eigenvalue weighted by atomic mass is 10.1. The summed E-state index contributed by atoms with van der Waals surface area (Å²) in [6, 6.07) is 17.3. The molecule has 0 aliphatic heterocycles. The van der Waals surface area contributed by atoms with Crippen LogP contribution in [0.2, 0.25) is 5.02 Å². The van der Waals surface area contributed by atoms with E-state index < -0.39 is 0 Å². The van der Waals surface area contributed by atoms with Gasteiger partial charge in [0.05, 0.1) is 6.04 Å². The lowest BCUT2D eigenvalue weighted by Gasteiger charge is -2.15. The third-order valence-corrected chi connectivity index (χ3v) is 3.47. The van der Waals surface area contributed by atoms with Crippen molar-refractivity contribution in [3.05, 3.63) is 70.7 Å². The summed E-state index contributed by atoms with van der Waals surface area (Å²) in [5.74, 6) is 0. The van der Waals surface area contributed by atoms with E-state index in [-0.39, 0.29) is 12.1 Å². The fraction of sp³-hybridized carbons (Fsp3) is 0.235. The lowest BCUT2D eigenvalue weighted by molar-refractivity contribution is 0.238. The molecule has 2 rings (SSSR count). The standard InChI is InChI=1S/C17H19ClN2O/c1-13(15-8-5-9-16(18)12-15)20-17(21)19-11-10-14-6-3-2-4-7-14/h2-9,12-13H,10-11H2,1H3,(H2,19,20,21)/t13-/m1/s1. The molecule has 0 bridgehead atoms. The van der Waals surface area contributed by atoms with E-state index in [0.717, 1.165) is 12.0 Å². The van der Waals surface area contributed by atoms with Crippen LogP contribution in [0.5, 0.6) is 0 Å². The SMILES string of the molecule is C[C@@H](NC(=O)NCCc1ccccc1)c1cccc(Cl)c1. The van der Waals surface area contributed by atoms with Crippen LogP contribution in [0.15, 0.2) is 54.6 Å². The smallest absolute Gasteiger partial charge is 0.315 e. The van der Waals surface area contributed by atoms with Crippen LogP contribution in [-0.4, -0.2) is 12.6 Å². The first kappa shape index (κ1) is 15.4. The van der Waals surface area contributed by atoms with Crippen LogP contribution < -0.4 is 10.6 Å². The zero-order valence-electron chi connectivity index (χ0n) is 12.0. The average molecular weight is 303 g/mol. The van der Waals surface area contributed by atoms with Gasteiger partial charge in [0, 0.05) is 11.6 Å². The highest BCUT2D eigenvalue weighted by Gasteiger charge is 2.09. The van der Waals surface area contributed by atoms with Gasteiger partial charge in [0.15, 0.2) is 0 Å². The number of urea groups is 1. The fourth-order valence-electron chi connectivity index (χ4n) is 2.07. The van der Waals surface area contributed by atoms with Crippen molar-refractivity contribution in [1.82, 2.24) is 10.6 Å². The van der Waals surface area contributed by atoms with Gasteiger partial charge in [-0.15, -0.1) is 0 Å². The van der Waals surface area contributed by atoms with Crippen molar-refractivity contribution >= 4 is 17.6 Å². The predicted octanol–water partition coefficient (Wildman–Crippen LogP) is 3.94. The molecule has 0 aliphatic carbocycles. The Labute approximate surface area is 130 Å². The van der Waals surface area contributed by atoms with Gasteiger partial charge in [0.25, 0.3) is 0 Å². The van der Waals surface area contributed by atoms with E-state index in [1.807, 2.05) is 61.5 Å². The molecule has 3 nitrogen and oxygen atoms in total. The summed E-state index contributed by atoms with van der Waals surface area (Å²) in [4.78, 5) is 11.8. The van der Waals surface area contributed by atoms with Gasteiger partial charge in [-0.3, -0.25) is 0 Å². The molecule has 2 amide bonds. The van der Waals surface area contributed by atoms with Crippen molar-refractivity contribution in [2.24, 2.45) is 0 Å². The topological polar surface area (TPSA) is 41.1 Å². The van der Waals surface area contributed by atoms with Gasteiger partial charge in [-0.1, -0.05) is 54.1 Å². The quantitative estimate of drug-likeness (QED) is 0.863. The maximum atomic E-state index is 11.8. The molecule has 2 aromatic rings. The van der Waals surface area contributed by atoms with Crippen LogP contribution in [-0.2, 0) is 6.42 Å². The van der Waals surface area contributed by atoms with E-state index in [9.17, 15) is 4.79 Å². The minimum Gasteiger partial charge on any atom is -0.338 e. The number of nitrogens with one attached hydrogen (secondary N) is 2. The Hall–Kier alpha value is -2.00. The minimum atomic E-state index is -0.168. The molecule has 4 heteroatoms. The normalized spacial score (nSPS) is 11.7. The Morgan fingerprint density at radius 1 is 1.14 bits per heavy atom. The predicted molar refractivity (Wildman–Crippen MR) is 86.5 cm³/mol. The summed E-state index contributed by atoms with van der Waals surface area (Å²) in [6.07, 6.45) is 0.819. The first-order valence-electron chi connectivity index (χ1n) is 6.99. The summed E-state index contributed by atoms with van der Waals surface area (Å²) < 4.78 is 0. The Balaban J connectivity index is 1.76. The molecule has 0 saturated heterocycles. The van der Waals surface area contributed by atoms with Gasteiger partial charge in [0.1, 0.15) is 0 Å². The summed E-state index contributed by atoms with van der Waals surface area (Å²) in [5, 5.41) is 6.44.